The van der Waals surface area contributed by atoms with Crippen molar-refractivity contribution >= 4 is 27.7 Å². The molecule has 8 heteroatoms. The minimum absolute atomic E-state index is 0.109. The van der Waals surface area contributed by atoms with E-state index in [1.54, 1.807) is 6.08 Å². The van der Waals surface area contributed by atoms with E-state index in [4.69, 9.17) is 5.73 Å². The molecule has 0 saturated carbocycles. The molecule has 18 heavy (non-hydrogen) atoms. The summed E-state index contributed by atoms with van der Waals surface area (Å²) in [5, 5.41) is 6.85. The largest absolute Gasteiger partial charge is 0.448 e. The Kier molecular flexibility index (Phi) is 5.37. The van der Waals surface area contributed by atoms with Gasteiger partial charge in [-0.25, -0.2) is 9.48 Å². The molecule has 0 aliphatic heterocycles. The number of nitrogens with zero attached hydrogens (tertiary/aromatic N) is 2. The summed E-state index contributed by atoms with van der Waals surface area (Å²) in [5.41, 5.74) is 5.06. The topological polar surface area (TPSA) is 99.2 Å². The van der Waals surface area contributed by atoms with Crippen LogP contribution in [-0.4, -0.2) is 29.0 Å². The molecule has 1 rings (SSSR count). The molecule has 7 nitrogen and oxygen atoms in total. The van der Waals surface area contributed by atoms with E-state index in [2.05, 4.69) is 37.7 Å². The van der Waals surface area contributed by atoms with Crippen molar-refractivity contribution in [3.63, 3.8) is 0 Å². The van der Waals surface area contributed by atoms with Crippen molar-refractivity contribution in [2.24, 2.45) is 5.73 Å². The lowest BCUT2D eigenvalue weighted by Gasteiger charge is -2.09. The molecule has 0 bridgehead atoms. The number of ether oxygens (including phenoxy) is 1. The van der Waals surface area contributed by atoms with Crippen LogP contribution in [0, 0.1) is 0 Å². The minimum Gasteiger partial charge on any atom is -0.448 e. The zero-order chi connectivity index (χ0) is 13.5. The molecule has 1 amide bonds. The van der Waals surface area contributed by atoms with Gasteiger partial charge < -0.3 is 15.8 Å². The van der Waals surface area contributed by atoms with Crippen molar-refractivity contribution < 1.29 is 9.53 Å². The highest BCUT2D eigenvalue weighted by atomic mass is 79.9. The van der Waals surface area contributed by atoms with Crippen molar-refractivity contribution in [1.29, 1.82) is 0 Å². The monoisotopic (exact) mass is 316 g/mol. The molecule has 0 aromatic carbocycles. The Morgan fingerprint density at radius 2 is 2.44 bits per heavy atom. The second-order valence-corrected chi connectivity index (χ2v) is 4.04. The molecule has 0 fully saturated rings. The smallest absolute Gasteiger partial charge is 0.404 e. The van der Waals surface area contributed by atoms with Crippen molar-refractivity contribution in [3.8, 4) is 0 Å². The average molecular weight is 317 g/mol. The van der Waals surface area contributed by atoms with Gasteiger partial charge >= 0.3 is 6.09 Å². The van der Waals surface area contributed by atoms with E-state index in [1.807, 2.05) is 0 Å². The summed E-state index contributed by atoms with van der Waals surface area (Å²) in [7, 11) is 0. The molecular weight excluding hydrogens is 304 g/mol. The van der Waals surface area contributed by atoms with Crippen LogP contribution in [0.3, 0.4) is 0 Å². The number of primary amides is 1. The predicted octanol–water partition coefficient (Wildman–Crippen LogP) is 0.699. The van der Waals surface area contributed by atoms with E-state index >= 15 is 0 Å². The molecule has 98 valence electrons. The third-order valence-electron chi connectivity index (χ3n) is 1.95. The number of allylic oxidation sites excluding steroid dienone is 1. The number of hydrogen-bond donors (Lipinski definition) is 2. The molecular formula is C10H13BrN4O3. The second-order valence-electron chi connectivity index (χ2n) is 3.24. The summed E-state index contributed by atoms with van der Waals surface area (Å²) in [6.45, 7) is 4.31. The normalized spacial score (nSPS) is 9.83. The fraction of sp³-hybridized carbons (Fsp3) is 0.300. The Balaban J connectivity index is 2.67. The summed E-state index contributed by atoms with van der Waals surface area (Å²) in [6, 6.07) is 0. The number of nitrogens with two attached hydrogens (primary N) is 1. The SMILES string of the molecule is C=CCn1ncc(NCCOC(N)=O)c(Br)c1=O. The maximum absolute atomic E-state index is 11.8. The number of carbonyl (C=O) groups excluding carboxylic acids is 1. The van der Waals surface area contributed by atoms with Gasteiger partial charge in [0.1, 0.15) is 11.1 Å². The van der Waals surface area contributed by atoms with Gasteiger partial charge in [0.15, 0.2) is 0 Å². The third kappa shape index (κ3) is 3.88. The van der Waals surface area contributed by atoms with Crippen molar-refractivity contribution in [2.75, 3.05) is 18.5 Å². The van der Waals surface area contributed by atoms with Gasteiger partial charge in [-0.1, -0.05) is 6.08 Å². The molecule has 0 radical (unpaired) electrons. The van der Waals surface area contributed by atoms with Gasteiger partial charge in [-0.2, -0.15) is 5.10 Å². The maximum Gasteiger partial charge on any atom is 0.404 e. The standard InChI is InChI=1S/C10H13BrN4O3/c1-2-4-15-9(16)8(11)7(6-14-15)13-3-5-18-10(12)17/h2,6,13H,1,3-5H2,(H2,12,17). The zero-order valence-corrected chi connectivity index (χ0v) is 11.1. The number of anilines is 1. The third-order valence-corrected chi connectivity index (χ3v) is 2.72. The van der Waals surface area contributed by atoms with E-state index in [0.29, 0.717) is 23.2 Å². The number of amides is 1. The van der Waals surface area contributed by atoms with Gasteiger partial charge in [0, 0.05) is 6.54 Å². The molecule has 1 heterocycles. The van der Waals surface area contributed by atoms with Gasteiger partial charge in [0.2, 0.25) is 0 Å². The Morgan fingerprint density at radius 1 is 1.72 bits per heavy atom. The lowest BCUT2D eigenvalue weighted by molar-refractivity contribution is 0.161. The summed E-state index contributed by atoms with van der Waals surface area (Å²) in [5.74, 6) is 0. The molecule has 1 aromatic rings. The second kappa shape index (κ2) is 6.80. The highest BCUT2D eigenvalue weighted by Gasteiger charge is 2.07. The van der Waals surface area contributed by atoms with Crippen LogP contribution in [0.5, 0.6) is 0 Å². The number of aromatic nitrogens is 2. The first-order valence-electron chi connectivity index (χ1n) is 5.09. The summed E-state index contributed by atoms with van der Waals surface area (Å²) >= 11 is 3.18. The first kappa shape index (κ1) is 14.2. The van der Waals surface area contributed by atoms with Gasteiger partial charge in [-0.15, -0.1) is 6.58 Å². The Bertz CT molecular complexity index is 500. The Hall–Kier alpha value is -1.83. The fourth-order valence-electron chi connectivity index (χ4n) is 1.18. The number of hydrogen-bond acceptors (Lipinski definition) is 5. The number of halogens is 1. The van der Waals surface area contributed by atoms with Crippen molar-refractivity contribution in [2.45, 2.75) is 6.54 Å². The van der Waals surface area contributed by atoms with Crippen LogP contribution in [-0.2, 0) is 11.3 Å². The molecule has 0 atom stereocenters. The lowest BCUT2D eigenvalue weighted by atomic mass is 10.4. The zero-order valence-electron chi connectivity index (χ0n) is 9.56. The highest BCUT2D eigenvalue weighted by molar-refractivity contribution is 9.10. The van der Waals surface area contributed by atoms with Crippen LogP contribution in [0.2, 0.25) is 0 Å². The summed E-state index contributed by atoms with van der Waals surface area (Å²) in [4.78, 5) is 22.1. The molecule has 0 aliphatic carbocycles. The maximum atomic E-state index is 11.8. The van der Waals surface area contributed by atoms with Crippen LogP contribution >= 0.6 is 15.9 Å². The van der Waals surface area contributed by atoms with E-state index in [9.17, 15) is 9.59 Å². The van der Waals surface area contributed by atoms with E-state index in [1.165, 1.54) is 10.9 Å². The molecule has 0 spiro atoms. The van der Waals surface area contributed by atoms with Crippen LogP contribution in [0.1, 0.15) is 0 Å². The number of rotatable bonds is 6. The predicted molar refractivity (Wildman–Crippen MR) is 70.4 cm³/mol. The van der Waals surface area contributed by atoms with Gasteiger partial charge in [-0.05, 0) is 15.9 Å². The molecule has 0 aliphatic rings. The Labute approximate surface area is 112 Å². The van der Waals surface area contributed by atoms with E-state index < -0.39 is 6.09 Å². The van der Waals surface area contributed by atoms with Crippen LogP contribution < -0.4 is 16.6 Å². The number of nitrogens with one attached hydrogen (secondary N) is 1. The van der Waals surface area contributed by atoms with E-state index in [-0.39, 0.29) is 12.2 Å². The lowest BCUT2D eigenvalue weighted by Crippen LogP contribution is -2.25. The average Bonchev–Trinajstić information content (AvgIpc) is 2.33. The highest BCUT2D eigenvalue weighted by Crippen LogP contribution is 2.15. The Morgan fingerprint density at radius 3 is 3.06 bits per heavy atom. The minimum atomic E-state index is -0.838. The quantitative estimate of drug-likeness (QED) is 0.594. The first-order valence-corrected chi connectivity index (χ1v) is 5.88. The molecule has 3 N–H and O–H groups in total. The van der Waals surface area contributed by atoms with Gasteiger partial charge in [0.05, 0.1) is 18.4 Å². The van der Waals surface area contributed by atoms with Crippen molar-refractivity contribution in [1.82, 2.24) is 9.78 Å². The number of carbonyl (C=O) groups is 1. The summed E-state index contributed by atoms with van der Waals surface area (Å²) < 4.78 is 6.17. The van der Waals surface area contributed by atoms with Crippen molar-refractivity contribution in [3.05, 3.63) is 33.7 Å². The van der Waals surface area contributed by atoms with Crippen LogP contribution in [0.4, 0.5) is 10.5 Å². The molecule has 0 unspecified atom stereocenters. The molecule has 0 saturated heterocycles. The summed E-state index contributed by atoms with van der Waals surface area (Å²) in [6.07, 6.45) is 2.24. The van der Waals surface area contributed by atoms with Crippen LogP contribution in [0.15, 0.2) is 28.1 Å². The van der Waals surface area contributed by atoms with Gasteiger partial charge in [-0.3, -0.25) is 4.79 Å². The fourth-order valence-corrected chi connectivity index (χ4v) is 1.63. The molecule has 1 aromatic heterocycles. The van der Waals surface area contributed by atoms with Gasteiger partial charge in [0.25, 0.3) is 5.56 Å². The van der Waals surface area contributed by atoms with E-state index in [0.717, 1.165) is 0 Å². The first-order chi connectivity index (χ1) is 8.56. The van der Waals surface area contributed by atoms with Crippen LogP contribution in [0.25, 0.3) is 0 Å².